The molecule has 3 unspecified atom stereocenters. The van der Waals surface area contributed by atoms with Crippen molar-refractivity contribution in [1.29, 1.82) is 0 Å². The minimum atomic E-state index is -0.867. The average Bonchev–Trinajstić information content (AvgIpc) is 2.77. The quantitative estimate of drug-likeness (QED) is 0.777. The molecule has 1 aliphatic heterocycles. The van der Waals surface area contributed by atoms with Gasteiger partial charge in [0.2, 0.25) is 5.91 Å². The van der Waals surface area contributed by atoms with Crippen LogP contribution in [0.25, 0.3) is 0 Å². The highest BCUT2D eigenvalue weighted by Crippen LogP contribution is 2.28. The summed E-state index contributed by atoms with van der Waals surface area (Å²) in [7, 11) is 1.61. The number of ether oxygens (including phenoxy) is 1. The lowest BCUT2D eigenvalue weighted by molar-refractivity contribution is -0.139. The number of carboxylic acid groups (broad SMARTS) is 1. The number of amides is 1. The Hall–Kier alpha value is -0.750. The molecule has 1 saturated heterocycles. The van der Waals surface area contributed by atoms with E-state index >= 15 is 0 Å². The number of nitrogens with zero attached hydrogens (tertiary/aromatic N) is 1. The number of rotatable bonds is 7. The number of carbonyl (C=O) groups excluding carboxylic acids is 1. The van der Waals surface area contributed by atoms with Crippen LogP contribution in [0.3, 0.4) is 0 Å². The second-order valence-corrected chi connectivity index (χ2v) is 6.87. The molecule has 5 nitrogen and oxygen atoms in total. The van der Waals surface area contributed by atoms with E-state index in [1.54, 1.807) is 23.8 Å². The molecule has 0 aromatic heterocycles. The number of carboxylic acids is 1. The monoisotopic (exact) mass is 303 g/mol. The maximum atomic E-state index is 12.7. The van der Waals surface area contributed by atoms with Gasteiger partial charge in [0.15, 0.2) is 0 Å². The molecule has 1 amide bonds. The van der Waals surface area contributed by atoms with E-state index in [1.165, 1.54) is 0 Å². The summed E-state index contributed by atoms with van der Waals surface area (Å²) in [5.74, 6) is 0.297. The normalized spacial score (nSPS) is 24.1. The number of aliphatic carboxylic acids is 1. The number of methoxy groups -OCH3 is 1. The molecule has 0 spiro atoms. The zero-order valence-corrected chi connectivity index (χ0v) is 13.5. The van der Waals surface area contributed by atoms with Crippen LogP contribution in [0.5, 0.6) is 0 Å². The standard InChI is InChI=1S/C14H25NO4S/c1-5-20-13(9(2)3)14(18)15-8-11(19-4)6-10(15)7-12(16)17/h9-11,13H,5-8H2,1-4H3,(H,16,17). The molecule has 0 saturated carbocycles. The number of thioether (sulfide) groups is 1. The van der Waals surface area contributed by atoms with E-state index in [0.717, 1.165) is 5.75 Å². The van der Waals surface area contributed by atoms with Crippen molar-refractivity contribution in [3.05, 3.63) is 0 Å². The first kappa shape index (κ1) is 17.3. The molecule has 0 radical (unpaired) electrons. The van der Waals surface area contributed by atoms with Crippen LogP contribution in [0.2, 0.25) is 0 Å². The topological polar surface area (TPSA) is 66.8 Å². The number of likely N-dealkylation sites (tertiary alicyclic amines) is 1. The average molecular weight is 303 g/mol. The van der Waals surface area contributed by atoms with Crippen LogP contribution in [0.1, 0.15) is 33.6 Å². The first-order chi connectivity index (χ1) is 9.40. The Labute approximate surface area is 125 Å². The lowest BCUT2D eigenvalue weighted by atomic mass is 10.1. The van der Waals surface area contributed by atoms with E-state index in [1.807, 2.05) is 20.8 Å². The molecule has 116 valence electrons. The van der Waals surface area contributed by atoms with Gasteiger partial charge in [0.1, 0.15) is 0 Å². The third-order valence-electron chi connectivity index (χ3n) is 3.60. The highest BCUT2D eigenvalue weighted by Gasteiger charge is 2.39. The SMILES string of the molecule is CCSC(C(=O)N1CC(OC)CC1CC(=O)O)C(C)C. The Bertz CT molecular complexity index is 348. The van der Waals surface area contributed by atoms with Gasteiger partial charge in [0, 0.05) is 19.7 Å². The summed E-state index contributed by atoms with van der Waals surface area (Å²) in [6, 6.07) is -0.247. The van der Waals surface area contributed by atoms with Crippen molar-refractivity contribution < 1.29 is 19.4 Å². The highest BCUT2D eigenvalue weighted by atomic mass is 32.2. The minimum Gasteiger partial charge on any atom is -0.481 e. The molecule has 1 N–H and O–H groups in total. The van der Waals surface area contributed by atoms with Gasteiger partial charge in [-0.1, -0.05) is 20.8 Å². The summed E-state index contributed by atoms with van der Waals surface area (Å²) in [6.07, 6.45) is 0.548. The molecule has 6 heteroatoms. The fourth-order valence-electron chi connectivity index (χ4n) is 2.60. The van der Waals surface area contributed by atoms with Crippen molar-refractivity contribution in [2.45, 2.75) is 51.0 Å². The van der Waals surface area contributed by atoms with Crippen molar-refractivity contribution in [3.63, 3.8) is 0 Å². The van der Waals surface area contributed by atoms with Crippen LogP contribution in [0.15, 0.2) is 0 Å². The van der Waals surface area contributed by atoms with Crippen LogP contribution in [0, 0.1) is 5.92 Å². The molecule has 1 heterocycles. The van der Waals surface area contributed by atoms with Gasteiger partial charge in [-0.2, -0.15) is 0 Å². The zero-order valence-electron chi connectivity index (χ0n) is 12.7. The molecule has 1 aliphatic rings. The predicted molar refractivity (Wildman–Crippen MR) is 79.9 cm³/mol. The second kappa shape index (κ2) is 7.88. The largest absolute Gasteiger partial charge is 0.481 e. The lowest BCUT2D eigenvalue weighted by Crippen LogP contribution is -2.44. The molecule has 0 aromatic rings. The minimum absolute atomic E-state index is 0.00674. The van der Waals surface area contributed by atoms with Gasteiger partial charge in [-0.15, -0.1) is 11.8 Å². The predicted octanol–water partition coefficient (Wildman–Crippen LogP) is 1.85. The van der Waals surface area contributed by atoms with Crippen LogP contribution >= 0.6 is 11.8 Å². The lowest BCUT2D eigenvalue weighted by Gasteiger charge is -2.29. The molecule has 20 heavy (non-hydrogen) atoms. The van der Waals surface area contributed by atoms with Crippen LogP contribution in [-0.4, -0.2) is 58.7 Å². The summed E-state index contributed by atoms with van der Waals surface area (Å²) < 4.78 is 5.31. The third-order valence-corrected chi connectivity index (χ3v) is 5.04. The van der Waals surface area contributed by atoms with Crippen molar-refractivity contribution in [3.8, 4) is 0 Å². The van der Waals surface area contributed by atoms with Gasteiger partial charge in [-0.3, -0.25) is 9.59 Å². The van der Waals surface area contributed by atoms with Gasteiger partial charge in [0.25, 0.3) is 0 Å². The van der Waals surface area contributed by atoms with Gasteiger partial charge in [-0.25, -0.2) is 0 Å². The smallest absolute Gasteiger partial charge is 0.305 e. The van der Waals surface area contributed by atoms with Gasteiger partial charge in [0.05, 0.1) is 17.8 Å². The fraction of sp³-hybridized carbons (Fsp3) is 0.857. The Balaban J connectivity index is 2.82. The summed E-state index contributed by atoms with van der Waals surface area (Å²) >= 11 is 1.63. The number of carbonyl (C=O) groups is 2. The summed E-state index contributed by atoms with van der Waals surface area (Å²) in [5.41, 5.74) is 0. The van der Waals surface area contributed by atoms with E-state index in [-0.39, 0.29) is 35.6 Å². The van der Waals surface area contributed by atoms with Gasteiger partial charge >= 0.3 is 5.97 Å². The molecule has 0 aromatic carbocycles. The van der Waals surface area contributed by atoms with Crippen LogP contribution in [0.4, 0.5) is 0 Å². The zero-order chi connectivity index (χ0) is 15.3. The van der Waals surface area contributed by atoms with E-state index in [0.29, 0.717) is 13.0 Å². The van der Waals surface area contributed by atoms with E-state index < -0.39 is 5.97 Å². The van der Waals surface area contributed by atoms with E-state index in [2.05, 4.69) is 0 Å². The summed E-state index contributed by atoms with van der Waals surface area (Å²) in [4.78, 5) is 25.4. The molecule has 0 bridgehead atoms. The van der Waals surface area contributed by atoms with Crippen molar-refractivity contribution >= 4 is 23.6 Å². The highest BCUT2D eigenvalue weighted by molar-refractivity contribution is 8.00. The Morgan fingerprint density at radius 1 is 1.45 bits per heavy atom. The maximum Gasteiger partial charge on any atom is 0.305 e. The number of hydrogen-bond acceptors (Lipinski definition) is 4. The molecular weight excluding hydrogens is 278 g/mol. The molecular formula is C14H25NO4S. The van der Waals surface area contributed by atoms with Crippen molar-refractivity contribution in [2.75, 3.05) is 19.4 Å². The van der Waals surface area contributed by atoms with E-state index in [4.69, 9.17) is 9.84 Å². The molecule has 1 rings (SSSR count). The van der Waals surface area contributed by atoms with Crippen molar-refractivity contribution in [1.82, 2.24) is 4.90 Å². The van der Waals surface area contributed by atoms with E-state index in [9.17, 15) is 9.59 Å². The molecule has 1 fully saturated rings. The van der Waals surface area contributed by atoms with Crippen LogP contribution in [-0.2, 0) is 14.3 Å². The van der Waals surface area contributed by atoms with Crippen LogP contribution < -0.4 is 0 Å². The summed E-state index contributed by atoms with van der Waals surface area (Å²) in [6.45, 7) is 6.59. The molecule has 3 atom stereocenters. The Morgan fingerprint density at radius 2 is 2.10 bits per heavy atom. The number of hydrogen-bond donors (Lipinski definition) is 1. The third kappa shape index (κ3) is 4.38. The summed E-state index contributed by atoms with van der Waals surface area (Å²) in [5, 5.41) is 8.89. The van der Waals surface area contributed by atoms with Crippen molar-refractivity contribution in [2.24, 2.45) is 5.92 Å². The Morgan fingerprint density at radius 3 is 2.55 bits per heavy atom. The van der Waals surface area contributed by atoms with Gasteiger partial charge < -0.3 is 14.7 Å². The fourth-order valence-corrected chi connectivity index (χ4v) is 3.62. The Kier molecular flexibility index (Phi) is 6.82. The first-order valence-corrected chi connectivity index (χ1v) is 8.12. The molecule has 0 aliphatic carbocycles. The van der Waals surface area contributed by atoms with Gasteiger partial charge in [-0.05, 0) is 18.1 Å². The first-order valence-electron chi connectivity index (χ1n) is 7.07. The second-order valence-electron chi connectivity index (χ2n) is 5.46. The maximum absolute atomic E-state index is 12.7.